The van der Waals surface area contributed by atoms with Gasteiger partial charge in [0.15, 0.2) is 6.10 Å². The molecule has 1 heterocycles. The molecule has 0 unspecified atom stereocenters. The van der Waals surface area contributed by atoms with Crippen LogP contribution in [0.25, 0.3) is 0 Å². The molecule has 130 valence electrons. The molecule has 0 aromatic carbocycles. The molecule has 0 saturated carbocycles. The summed E-state index contributed by atoms with van der Waals surface area (Å²) in [5.74, 6) is 5.82. The van der Waals surface area contributed by atoms with E-state index in [1.807, 2.05) is 19.0 Å². The SMILES string of the molecule is CCCCCCNC(=O)O[C@H]1CCN(CC#CCN(C)C)C1=O. The lowest BCUT2D eigenvalue weighted by Gasteiger charge is -2.14. The standard InChI is InChI=1S/C17H29N3O3/c1-4-5-6-7-11-18-17(22)23-15-10-14-20(16(15)21)13-9-8-12-19(2)3/h15H,4-7,10-14H2,1-3H3,(H,18,22)/t15-/m0/s1. The van der Waals surface area contributed by atoms with Crippen LogP contribution in [0.1, 0.15) is 39.0 Å². The van der Waals surface area contributed by atoms with Crippen molar-refractivity contribution in [3.63, 3.8) is 0 Å². The molecule has 0 aliphatic carbocycles. The Morgan fingerprint density at radius 3 is 2.83 bits per heavy atom. The second-order valence-corrected chi connectivity index (χ2v) is 6.02. The topological polar surface area (TPSA) is 61.9 Å². The van der Waals surface area contributed by atoms with Crippen molar-refractivity contribution in [3.05, 3.63) is 0 Å². The van der Waals surface area contributed by atoms with Gasteiger partial charge in [0.05, 0.1) is 13.1 Å². The Bertz CT molecular complexity index is 440. The van der Waals surface area contributed by atoms with Crippen LogP contribution in [-0.2, 0) is 9.53 Å². The number of amides is 2. The maximum Gasteiger partial charge on any atom is 0.407 e. The highest BCUT2D eigenvalue weighted by molar-refractivity contribution is 5.85. The molecular formula is C17H29N3O3. The summed E-state index contributed by atoms with van der Waals surface area (Å²) < 4.78 is 5.21. The van der Waals surface area contributed by atoms with Crippen LogP contribution in [0.3, 0.4) is 0 Å². The van der Waals surface area contributed by atoms with Crippen molar-refractivity contribution < 1.29 is 14.3 Å². The van der Waals surface area contributed by atoms with E-state index in [9.17, 15) is 9.59 Å². The van der Waals surface area contributed by atoms with Crippen molar-refractivity contribution >= 4 is 12.0 Å². The summed E-state index contributed by atoms with van der Waals surface area (Å²) in [6.07, 6.45) is 3.74. The lowest BCUT2D eigenvalue weighted by atomic mass is 10.2. The van der Waals surface area contributed by atoms with Gasteiger partial charge in [0, 0.05) is 19.5 Å². The fourth-order valence-electron chi connectivity index (χ4n) is 2.26. The van der Waals surface area contributed by atoms with E-state index in [0.717, 1.165) is 19.3 Å². The van der Waals surface area contributed by atoms with Crippen molar-refractivity contribution in [1.82, 2.24) is 15.1 Å². The Hall–Kier alpha value is -1.74. The molecule has 1 N–H and O–H groups in total. The monoisotopic (exact) mass is 323 g/mol. The third kappa shape index (κ3) is 7.89. The lowest BCUT2D eigenvalue weighted by molar-refractivity contribution is -0.134. The van der Waals surface area contributed by atoms with E-state index in [-0.39, 0.29) is 5.91 Å². The molecule has 0 aromatic heterocycles. The summed E-state index contributed by atoms with van der Waals surface area (Å²) >= 11 is 0. The van der Waals surface area contributed by atoms with Crippen LogP contribution in [0.15, 0.2) is 0 Å². The molecule has 1 atom stereocenters. The van der Waals surface area contributed by atoms with Gasteiger partial charge < -0.3 is 15.0 Å². The van der Waals surface area contributed by atoms with E-state index >= 15 is 0 Å². The molecule has 1 rings (SSSR count). The van der Waals surface area contributed by atoms with Crippen molar-refractivity contribution in [1.29, 1.82) is 0 Å². The van der Waals surface area contributed by atoms with Crippen LogP contribution in [0, 0.1) is 11.8 Å². The number of likely N-dealkylation sites (tertiary alicyclic amines) is 1. The fraction of sp³-hybridized carbons (Fsp3) is 0.765. The molecule has 1 aliphatic heterocycles. The molecule has 0 aromatic rings. The number of rotatable bonds is 8. The smallest absolute Gasteiger partial charge is 0.407 e. The van der Waals surface area contributed by atoms with Gasteiger partial charge in [-0.3, -0.25) is 9.69 Å². The van der Waals surface area contributed by atoms with E-state index < -0.39 is 12.2 Å². The van der Waals surface area contributed by atoms with Gasteiger partial charge in [-0.1, -0.05) is 38.0 Å². The zero-order valence-electron chi connectivity index (χ0n) is 14.6. The van der Waals surface area contributed by atoms with Crippen LogP contribution in [0.5, 0.6) is 0 Å². The van der Waals surface area contributed by atoms with E-state index in [1.165, 1.54) is 6.42 Å². The summed E-state index contributed by atoms with van der Waals surface area (Å²) in [5, 5.41) is 2.70. The fourth-order valence-corrected chi connectivity index (χ4v) is 2.26. The Balaban J connectivity index is 2.24. The minimum Gasteiger partial charge on any atom is -0.436 e. The van der Waals surface area contributed by atoms with Gasteiger partial charge in [0.1, 0.15) is 0 Å². The molecule has 6 heteroatoms. The number of hydrogen-bond acceptors (Lipinski definition) is 4. The largest absolute Gasteiger partial charge is 0.436 e. The van der Waals surface area contributed by atoms with Gasteiger partial charge in [0.25, 0.3) is 5.91 Å². The number of nitrogens with one attached hydrogen (secondary N) is 1. The van der Waals surface area contributed by atoms with Crippen molar-refractivity contribution in [2.75, 3.05) is 40.3 Å². The van der Waals surface area contributed by atoms with E-state index in [4.69, 9.17) is 4.74 Å². The number of hydrogen-bond donors (Lipinski definition) is 1. The summed E-state index contributed by atoms with van der Waals surface area (Å²) in [6, 6.07) is 0. The highest BCUT2D eigenvalue weighted by Crippen LogP contribution is 2.14. The Morgan fingerprint density at radius 2 is 2.13 bits per heavy atom. The van der Waals surface area contributed by atoms with Crippen LogP contribution < -0.4 is 5.32 Å². The number of alkyl carbamates (subject to hydrolysis) is 1. The number of ether oxygens (including phenoxy) is 1. The minimum atomic E-state index is -0.665. The molecule has 1 aliphatic rings. The quantitative estimate of drug-likeness (QED) is 0.543. The molecule has 0 bridgehead atoms. The molecule has 1 saturated heterocycles. The second kappa shape index (κ2) is 10.9. The van der Waals surface area contributed by atoms with Gasteiger partial charge in [-0.25, -0.2) is 4.79 Å². The molecular weight excluding hydrogens is 294 g/mol. The molecule has 23 heavy (non-hydrogen) atoms. The predicted octanol–water partition coefficient (Wildman–Crippen LogP) is 1.46. The van der Waals surface area contributed by atoms with Crippen molar-refractivity contribution in [3.8, 4) is 11.8 Å². The molecule has 1 fully saturated rings. The third-order valence-corrected chi connectivity index (χ3v) is 3.59. The Morgan fingerprint density at radius 1 is 1.35 bits per heavy atom. The highest BCUT2D eigenvalue weighted by Gasteiger charge is 2.33. The Labute approximate surface area is 139 Å². The minimum absolute atomic E-state index is 0.148. The first-order valence-electron chi connectivity index (χ1n) is 8.38. The maximum absolute atomic E-state index is 12.1. The second-order valence-electron chi connectivity index (χ2n) is 6.02. The Kier molecular flexibility index (Phi) is 9.15. The number of unbranched alkanes of at least 4 members (excludes halogenated alkanes) is 3. The van der Waals surface area contributed by atoms with Gasteiger partial charge in [0.2, 0.25) is 0 Å². The number of carbonyl (C=O) groups excluding carboxylic acids is 2. The average molecular weight is 323 g/mol. The molecule has 0 spiro atoms. The highest BCUT2D eigenvalue weighted by atomic mass is 16.6. The molecule has 2 amide bonds. The van der Waals surface area contributed by atoms with Gasteiger partial charge in [-0.2, -0.15) is 0 Å². The first-order chi connectivity index (χ1) is 11.0. The van der Waals surface area contributed by atoms with Crippen LogP contribution in [0.2, 0.25) is 0 Å². The van der Waals surface area contributed by atoms with E-state index in [2.05, 4.69) is 24.1 Å². The summed E-state index contributed by atoms with van der Waals surface area (Å²) in [5.41, 5.74) is 0. The normalized spacial score (nSPS) is 17.1. The van der Waals surface area contributed by atoms with Gasteiger partial charge >= 0.3 is 6.09 Å². The summed E-state index contributed by atoms with van der Waals surface area (Å²) in [4.78, 5) is 27.4. The van der Waals surface area contributed by atoms with Crippen LogP contribution >= 0.6 is 0 Å². The summed E-state index contributed by atoms with van der Waals surface area (Å²) in [6.45, 7) is 4.39. The van der Waals surface area contributed by atoms with Crippen molar-refractivity contribution in [2.24, 2.45) is 0 Å². The van der Waals surface area contributed by atoms with Gasteiger partial charge in [-0.05, 0) is 20.5 Å². The first kappa shape index (κ1) is 19.3. The molecule has 6 nitrogen and oxygen atoms in total. The lowest BCUT2D eigenvalue weighted by Crippen LogP contribution is -2.35. The zero-order chi connectivity index (χ0) is 17.1. The van der Waals surface area contributed by atoms with E-state index in [0.29, 0.717) is 32.6 Å². The van der Waals surface area contributed by atoms with Gasteiger partial charge in [-0.15, -0.1) is 0 Å². The van der Waals surface area contributed by atoms with Crippen LogP contribution in [0.4, 0.5) is 4.79 Å². The number of carbonyl (C=O) groups is 2. The maximum atomic E-state index is 12.1. The molecule has 0 radical (unpaired) electrons. The number of nitrogens with zero attached hydrogens (tertiary/aromatic N) is 2. The third-order valence-electron chi connectivity index (χ3n) is 3.59. The first-order valence-corrected chi connectivity index (χ1v) is 8.38. The summed E-state index contributed by atoms with van der Waals surface area (Å²) in [7, 11) is 3.89. The van der Waals surface area contributed by atoms with E-state index in [1.54, 1.807) is 4.90 Å². The van der Waals surface area contributed by atoms with Crippen LogP contribution in [-0.4, -0.2) is 68.2 Å². The predicted molar refractivity (Wildman–Crippen MR) is 89.9 cm³/mol. The average Bonchev–Trinajstić information content (AvgIpc) is 2.84. The zero-order valence-corrected chi connectivity index (χ0v) is 14.6. The van der Waals surface area contributed by atoms with Crippen molar-refractivity contribution in [2.45, 2.75) is 45.1 Å².